The molecule has 1 saturated heterocycles. The third-order valence-corrected chi connectivity index (χ3v) is 7.73. The molecule has 32 heavy (non-hydrogen) atoms. The van der Waals surface area contributed by atoms with Crippen molar-refractivity contribution in [2.24, 2.45) is 5.73 Å². The first-order valence-electron chi connectivity index (χ1n) is 12.2. The minimum absolute atomic E-state index is 0.190. The van der Waals surface area contributed by atoms with Crippen LogP contribution in [0.2, 0.25) is 0 Å². The van der Waals surface area contributed by atoms with Crippen molar-refractivity contribution in [3.05, 3.63) is 71.8 Å². The number of likely N-dealkylation sites (tertiary alicyclic amines) is 1. The van der Waals surface area contributed by atoms with Crippen molar-refractivity contribution < 1.29 is 9.59 Å². The van der Waals surface area contributed by atoms with Gasteiger partial charge in [0.05, 0.1) is 0 Å². The zero-order chi connectivity index (χ0) is 22.6. The molecule has 2 N–H and O–H groups in total. The van der Waals surface area contributed by atoms with E-state index in [-0.39, 0.29) is 11.3 Å². The quantitative estimate of drug-likeness (QED) is 0.733. The van der Waals surface area contributed by atoms with Crippen LogP contribution in [0.5, 0.6) is 0 Å². The van der Waals surface area contributed by atoms with Gasteiger partial charge in [-0.3, -0.25) is 14.5 Å². The Labute approximate surface area is 192 Å². The second-order valence-corrected chi connectivity index (χ2v) is 9.66. The summed E-state index contributed by atoms with van der Waals surface area (Å²) in [6.45, 7) is 3.32. The van der Waals surface area contributed by atoms with Crippen molar-refractivity contribution in [3.63, 3.8) is 0 Å². The number of nitrogens with two attached hydrogens (primary N) is 1. The first-order chi connectivity index (χ1) is 15.5. The summed E-state index contributed by atoms with van der Waals surface area (Å²) in [6, 6.07) is 20.7. The number of hydrogen-bond donors (Lipinski definition) is 1. The number of hydrogen-bond acceptors (Lipinski definition) is 4. The van der Waals surface area contributed by atoms with Gasteiger partial charge < -0.3 is 5.73 Å². The monoisotopic (exact) mass is 432 g/mol. The van der Waals surface area contributed by atoms with E-state index in [9.17, 15) is 9.59 Å². The zero-order valence-electron chi connectivity index (χ0n) is 19.3. The number of carbonyl (C=O) groups is 2. The molecule has 5 rings (SSSR count). The number of ketones is 2. The number of nitrogens with zero attached hydrogens (tertiary/aromatic N) is 1. The van der Waals surface area contributed by atoms with Gasteiger partial charge >= 0.3 is 0 Å². The van der Waals surface area contributed by atoms with Gasteiger partial charge in [0.15, 0.2) is 11.6 Å². The van der Waals surface area contributed by atoms with Crippen LogP contribution in [-0.2, 0) is 20.7 Å². The maximum Gasteiger partial charge on any atom is 0.157 e. The highest BCUT2D eigenvalue weighted by atomic mass is 16.1. The summed E-state index contributed by atoms with van der Waals surface area (Å²) < 4.78 is 0. The van der Waals surface area contributed by atoms with Crippen molar-refractivity contribution >= 4 is 11.6 Å². The lowest BCUT2D eigenvalue weighted by atomic mass is 9.72. The highest BCUT2D eigenvalue weighted by Crippen LogP contribution is 2.44. The molecule has 4 heteroatoms. The molecular weight excluding hydrogens is 396 g/mol. The molecule has 1 heterocycles. The molecule has 0 aromatic heterocycles. The Morgan fingerprint density at radius 3 is 1.84 bits per heavy atom. The van der Waals surface area contributed by atoms with Crippen LogP contribution in [0.1, 0.15) is 75.8 Å². The lowest BCUT2D eigenvalue weighted by Gasteiger charge is -2.53. The van der Waals surface area contributed by atoms with E-state index in [1.54, 1.807) is 0 Å². The predicted molar refractivity (Wildman–Crippen MR) is 128 cm³/mol. The fraction of sp³-hybridized carbons (Fsp3) is 0.500. The van der Waals surface area contributed by atoms with E-state index in [1.807, 2.05) is 36.4 Å². The molecule has 3 unspecified atom stereocenters. The summed E-state index contributed by atoms with van der Waals surface area (Å²) in [5.41, 5.74) is 7.33. The van der Waals surface area contributed by atoms with E-state index in [0.29, 0.717) is 18.2 Å². The summed E-state index contributed by atoms with van der Waals surface area (Å²) in [6.07, 6.45) is 8.67. The standard InChI is InChI=1S/C16H21NO.C12H15NO/c1-13-10-12-17(13)16(11-6-5-9-15(16)18)14-7-3-2-4-8-14;13-12(9-5-4-8-11(12)14)10-6-2-1-3-7-10/h2-4,7-8,13H,5-6,9-12H2,1H3;1-3,6-7H,4-5,8-9,13H2. The molecule has 2 aromatic carbocycles. The fourth-order valence-corrected chi connectivity index (χ4v) is 5.68. The van der Waals surface area contributed by atoms with Gasteiger partial charge in [-0.15, -0.1) is 0 Å². The average molecular weight is 433 g/mol. The van der Waals surface area contributed by atoms with Gasteiger partial charge in [0.2, 0.25) is 0 Å². The SMILES string of the molecule is CC1CCN1C1(c2ccccc2)CCCCC1=O.NC1(c2ccccc2)CCCCC1=O. The number of benzene rings is 2. The minimum Gasteiger partial charge on any atom is -0.315 e. The third-order valence-electron chi connectivity index (χ3n) is 7.73. The molecule has 0 spiro atoms. The molecule has 2 aliphatic carbocycles. The highest BCUT2D eigenvalue weighted by Gasteiger charge is 2.50. The molecule has 3 fully saturated rings. The summed E-state index contributed by atoms with van der Waals surface area (Å²) in [7, 11) is 0. The molecule has 2 aromatic rings. The van der Waals surface area contributed by atoms with Crippen LogP contribution in [0.3, 0.4) is 0 Å². The third kappa shape index (κ3) is 4.18. The summed E-state index contributed by atoms with van der Waals surface area (Å²) in [5.74, 6) is 0.626. The molecular formula is C28H36N2O2. The van der Waals surface area contributed by atoms with Crippen LogP contribution < -0.4 is 5.73 Å². The van der Waals surface area contributed by atoms with Gasteiger partial charge in [-0.25, -0.2) is 0 Å². The first-order valence-corrected chi connectivity index (χ1v) is 12.2. The topological polar surface area (TPSA) is 63.4 Å². The van der Waals surface area contributed by atoms with Gasteiger partial charge in [0.1, 0.15) is 11.1 Å². The predicted octanol–water partition coefficient (Wildman–Crippen LogP) is 5.10. The van der Waals surface area contributed by atoms with Crippen molar-refractivity contribution in [2.45, 2.75) is 81.8 Å². The van der Waals surface area contributed by atoms with Crippen LogP contribution in [0.4, 0.5) is 0 Å². The fourth-order valence-electron chi connectivity index (χ4n) is 5.68. The molecule has 170 valence electrons. The second kappa shape index (κ2) is 9.68. The van der Waals surface area contributed by atoms with Crippen LogP contribution in [0.15, 0.2) is 60.7 Å². The number of rotatable bonds is 3. The first kappa shape index (κ1) is 22.9. The Bertz CT molecular complexity index is 929. The average Bonchev–Trinajstić information content (AvgIpc) is 2.83. The van der Waals surface area contributed by atoms with E-state index in [4.69, 9.17) is 5.73 Å². The molecule has 3 atom stereocenters. The van der Waals surface area contributed by atoms with Gasteiger partial charge in [0.25, 0.3) is 0 Å². The second-order valence-electron chi connectivity index (χ2n) is 9.66. The maximum absolute atomic E-state index is 12.7. The van der Waals surface area contributed by atoms with Gasteiger partial charge in [0, 0.05) is 25.4 Å². The Kier molecular flexibility index (Phi) is 6.92. The summed E-state index contributed by atoms with van der Waals surface area (Å²) >= 11 is 0. The summed E-state index contributed by atoms with van der Waals surface area (Å²) in [5, 5.41) is 0. The maximum atomic E-state index is 12.7. The van der Waals surface area contributed by atoms with Crippen molar-refractivity contribution in [1.29, 1.82) is 0 Å². The Hall–Kier alpha value is -2.30. The lowest BCUT2D eigenvalue weighted by Crippen LogP contribution is -2.62. The zero-order valence-corrected chi connectivity index (χ0v) is 19.3. The molecule has 4 nitrogen and oxygen atoms in total. The smallest absolute Gasteiger partial charge is 0.157 e. The van der Waals surface area contributed by atoms with E-state index in [1.165, 1.54) is 18.4 Å². The molecule has 0 amide bonds. The summed E-state index contributed by atoms with van der Waals surface area (Å²) in [4.78, 5) is 26.9. The van der Waals surface area contributed by atoms with E-state index in [2.05, 4.69) is 36.1 Å². The van der Waals surface area contributed by atoms with E-state index in [0.717, 1.165) is 50.6 Å². The largest absolute Gasteiger partial charge is 0.315 e. The Balaban J connectivity index is 0.000000158. The van der Waals surface area contributed by atoms with E-state index < -0.39 is 5.54 Å². The Morgan fingerprint density at radius 2 is 1.34 bits per heavy atom. The van der Waals surface area contributed by atoms with Crippen LogP contribution in [0, 0.1) is 0 Å². The lowest BCUT2D eigenvalue weighted by molar-refractivity contribution is -0.143. The highest BCUT2D eigenvalue weighted by molar-refractivity contribution is 5.91. The van der Waals surface area contributed by atoms with Crippen molar-refractivity contribution in [2.75, 3.05) is 6.54 Å². The number of carbonyl (C=O) groups excluding carboxylic acids is 2. The molecule has 1 aliphatic heterocycles. The molecule has 2 saturated carbocycles. The van der Waals surface area contributed by atoms with Crippen LogP contribution in [0.25, 0.3) is 0 Å². The molecule has 3 aliphatic rings. The normalized spacial score (nSPS) is 30.8. The van der Waals surface area contributed by atoms with Gasteiger partial charge in [-0.05, 0) is 50.2 Å². The van der Waals surface area contributed by atoms with Gasteiger partial charge in [-0.1, -0.05) is 73.5 Å². The van der Waals surface area contributed by atoms with Crippen molar-refractivity contribution in [3.8, 4) is 0 Å². The molecule has 0 radical (unpaired) electrons. The minimum atomic E-state index is -0.709. The Morgan fingerprint density at radius 1 is 0.781 bits per heavy atom. The molecule has 0 bridgehead atoms. The van der Waals surface area contributed by atoms with E-state index >= 15 is 0 Å². The van der Waals surface area contributed by atoms with Crippen LogP contribution >= 0.6 is 0 Å². The van der Waals surface area contributed by atoms with Gasteiger partial charge in [-0.2, -0.15) is 0 Å². The van der Waals surface area contributed by atoms with Crippen LogP contribution in [-0.4, -0.2) is 29.1 Å². The van der Waals surface area contributed by atoms with Crippen molar-refractivity contribution in [1.82, 2.24) is 4.90 Å². The number of Topliss-reactive ketones (excluding diaryl/α,β-unsaturated/α-hetero) is 2.